The molecule has 1 aliphatic rings. The van der Waals surface area contributed by atoms with Crippen molar-refractivity contribution in [3.8, 4) is 0 Å². The highest BCUT2D eigenvalue weighted by Crippen LogP contribution is 2.33. The first-order valence-corrected chi connectivity index (χ1v) is 5.78. The van der Waals surface area contributed by atoms with E-state index >= 15 is 0 Å². The van der Waals surface area contributed by atoms with E-state index in [2.05, 4.69) is 29.6 Å². The van der Waals surface area contributed by atoms with Gasteiger partial charge in [-0.3, -0.25) is 0 Å². The maximum absolute atomic E-state index is 8.97. The molecule has 2 nitrogen and oxygen atoms in total. The molecule has 0 bridgehead atoms. The normalized spacial score (nSPS) is 17.7. The molecule has 1 atom stereocenters. The van der Waals surface area contributed by atoms with Crippen LogP contribution in [0.4, 0.5) is 0 Å². The molecule has 2 N–H and O–H groups in total. The molecule has 0 aliphatic heterocycles. The Morgan fingerprint density at radius 2 is 2.00 bits per heavy atom. The van der Waals surface area contributed by atoms with Crippen molar-refractivity contribution in [3.05, 3.63) is 35.9 Å². The number of benzene rings is 1. The molecule has 82 valence electrons. The van der Waals surface area contributed by atoms with Gasteiger partial charge in [-0.05, 0) is 30.7 Å². The van der Waals surface area contributed by atoms with E-state index in [1.54, 1.807) is 0 Å². The van der Waals surface area contributed by atoms with Gasteiger partial charge in [-0.15, -0.1) is 0 Å². The molecule has 2 heteroatoms. The minimum Gasteiger partial charge on any atom is -0.396 e. The summed E-state index contributed by atoms with van der Waals surface area (Å²) in [7, 11) is 0. The number of aliphatic hydroxyl groups is 1. The molecule has 1 aromatic carbocycles. The molecular weight excluding hydrogens is 186 g/mol. The number of hydrogen-bond acceptors (Lipinski definition) is 2. The first-order valence-electron chi connectivity index (χ1n) is 5.78. The summed E-state index contributed by atoms with van der Waals surface area (Å²) >= 11 is 0. The fourth-order valence-corrected chi connectivity index (χ4v) is 1.99. The molecule has 1 unspecified atom stereocenters. The third-order valence-corrected chi connectivity index (χ3v) is 3.04. The monoisotopic (exact) mass is 205 g/mol. The van der Waals surface area contributed by atoms with Crippen LogP contribution in [0, 0.1) is 5.92 Å². The van der Waals surface area contributed by atoms with Crippen molar-refractivity contribution in [2.24, 2.45) is 5.92 Å². The highest BCUT2D eigenvalue weighted by molar-refractivity contribution is 5.14. The van der Waals surface area contributed by atoms with Crippen molar-refractivity contribution >= 4 is 0 Å². The first kappa shape index (κ1) is 10.7. The lowest BCUT2D eigenvalue weighted by atomic mass is 10.1. The Kier molecular flexibility index (Phi) is 3.75. The van der Waals surface area contributed by atoms with Crippen LogP contribution >= 0.6 is 0 Å². The quantitative estimate of drug-likeness (QED) is 0.744. The number of nitrogens with one attached hydrogen (secondary N) is 1. The topological polar surface area (TPSA) is 32.3 Å². The fraction of sp³-hybridized carbons (Fsp3) is 0.538. The van der Waals surface area contributed by atoms with Crippen LogP contribution in [0.5, 0.6) is 0 Å². The second kappa shape index (κ2) is 5.29. The van der Waals surface area contributed by atoms with Crippen molar-refractivity contribution in [3.63, 3.8) is 0 Å². The average Bonchev–Trinajstić information content (AvgIpc) is 3.09. The van der Waals surface area contributed by atoms with Crippen molar-refractivity contribution in [1.82, 2.24) is 5.32 Å². The summed E-state index contributed by atoms with van der Waals surface area (Å²) < 4.78 is 0. The third-order valence-electron chi connectivity index (χ3n) is 3.04. The smallest absolute Gasteiger partial charge is 0.0445 e. The van der Waals surface area contributed by atoms with Gasteiger partial charge in [-0.25, -0.2) is 0 Å². The van der Waals surface area contributed by atoms with Crippen LogP contribution in [-0.4, -0.2) is 17.8 Å². The summed E-state index contributed by atoms with van der Waals surface area (Å²) in [5.74, 6) is 0.806. The van der Waals surface area contributed by atoms with E-state index < -0.39 is 0 Å². The van der Waals surface area contributed by atoms with Gasteiger partial charge in [0.25, 0.3) is 0 Å². The Morgan fingerprint density at radius 3 is 2.60 bits per heavy atom. The maximum atomic E-state index is 8.97. The standard InChI is InChI=1S/C13H19NO/c15-9-8-13(12-6-7-12)14-10-11-4-2-1-3-5-11/h1-5,12-15H,6-10H2. The van der Waals surface area contributed by atoms with E-state index in [4.69, 9.17) is 5.11 Å². The van der Waals surface area contributed by atoms with Gasteiger partial charge in [0.05, 0.1) is 0 Å². The molecule has 1 fully saturated rings. The van der Waals surface area contributed by atoms with Crippen LogP contribution in [0.2, 0.25) is 0 Å². The molecule has 0 heterocycles. The molecule has 1 aromatic rings. The second-order valence-electron chi connectivity index (χ2n) is 4.32. The number of hydrogen-bond donors (Lipinski definition) is 2. The lowest BCUT2D eigenvalue weighted by Crippen LogP contribution is -2.31. The van der Waals surface area contributed by atoms with Crippen LogP contribution in [0.15, 0.2) is 30.3 Å². The van der Waals surface area contributed by atoms with Crippen molar-refractivity contribution in [2.45, 2.75) is 31.8 Å². The van der Waals surface area contributed by atoms with E-state index in [9.17, 15) is 0 Å². The lowest BCUT2D eigenvalue weighted by molar-refractivity contribution is 0.256. The summed E-state index contributed by atoms with van der Waals surface area (Å²) in [6.07, 6.45) is 3.54. The van der Waals surface area contributed by atoms with Gasteiger partial charge >= 0.3 is 0 Å². The summed E-state index contributed by atoms with van der Waals surface area (Å²) in [5.41, 5.74) is 1.32. The molecule has 0 amide bonds. The molecule has 0 saturated heterocycles. The van der Waals surface area contributed by atoms with Crippen molar-refractivity contribution in [2.75, 3.05) is 6.61 Å². The maximum Gasteiger partial charge on any atom is 0.0445 e. The first-order chi connectivity index (χ1) is 7.40. The highest BCUT2D eigenvalue weighted by Gasteiger charge is 2.30. The Labute approximate surface area is 91.3 Å². The van der Waals surface area contributed by atoms with E-state index in [0.29, 0.717) is 12.6 Å². The highest BCUT2D eigenvalue weighted by atomic mass is 16.3. The molecular formula is C13H19NO. The number of rotatable bonds is 6. The van der Waals surface area contributed by atoms with Crippen molar-refractivity contribution < 1.29 is 5.11 Å². The Morgan fingerprint density at radius 1 is 1.27 bits per heavy atom. The SMILES string of the molecule is OCCC(NCc1ccccc1)C1CC1. The second-order valence-corrected chi connectivity index (χ2v) is 4.32. The molecule has 0 aromatic heterocycles. The van der Waals surface area contributed by atoms with Crippen LogP contribution in [0.25, 0.3) is 0 Å². The zero-order chi connectivity index (χ0) is 10.5. The molecule has 0 spiro atoms. The minimum absolute atomic E-state index is 0.295. The van der Waals surface area contributed by atoms with Crippen LogP contribution in [0.3, 0.4) is 0 Å². The Bertz CT molecular complexity index is 282. The van der Waals surface area contributed by atoms with Gasteiger partial charge in [0.1, 0.15) is 0 Å². The van der Waals surface area contributed by atoms with Crippen molar-refractivity contribution in [1.29, 1.82) is 0 Å². The minimum atomic E-state index is 0.295. The third kappa shape index (κ3) is 3.33. The van der Waals surface area contributed by atoms with Gasteiger partial charge in [-0.2, -0.15) is 0 Å². The zero-order valence-corrected chi connectivity index (χ0v) is 9.02. The predicted molar refractivity (Wildman–Crippen MR) is 61.5 cm³/mol. The fourth-order valence-electron chi connectivity index (χ4n) is 1.99. The average molecular weight is 205 g/mol. The van der Waals surface area contributed by atoms with Crippen LogP contribution < -0.4 is 5.32 Å². The van der Waals surface area contributed by atoms with Crippen LogP contribution in [-0.2, 0) is 6.54 Å². The molecule has 2 rings (SSSR count). The van der Waals surface area contributed by atoms with Gasteiger partial charge in [0.15, 0.2) is 0 Å². The zero-order valence-electron chi connectivity index (χ0n) is 9.02. The summed E-state index contributed by atoms with van der Waals surface area (Å²) in [6, 6.07) is 10.9. The Hall–Kier alpha value is -0.860. The van der Waals surface area contributed by atoms with Gasteiger partial charge in [-0.1, -0.05) is 30.3 Å². The van der Waals surface area contributed by atoms with E-state index in [1.807, 2.05) is 6.07 Å². The van der Waals surface area contributed by atoms with Gasteiger partial charge in [0.2, 0.25) is 0 Å². The molecule has 15 heavy (non-hydrogen) atoms. The van der Waals surface area contributed by atoms with E-state index in [1.165, 1.54) is 18.4 Å². The summed E-state index contributed by atoms with van der Waals surface area (Å²) in [5, 5.41) is 12.5. The van der Waals surface area contributed by atoms with E-state index in [0.717, 1.165) is 18.9 Å². The van der Waals surface area contributed by atoms with E-state index in [-0.39, 0.29) is 0 Å². The Balaban J connectivity index is 1.80. The van der Waals surface area contributed by atoms with Crippen LogP contribution in [0.1, 0.15) is 24.8 Å². The predicted octanol–water partition coefficient (Wildman–Crippen LogP) is 1.94. The molecule has 1 aliphatic carbocycles. The summed E-state index contributed by atoms with van der Waals surface area (Å²) in [6.45, 7) is 1.21. The summed E-state index contributed by atoms with van der Waals surface area (Å²) in [4.78, 5) is 0. The lowest BCUT2D eigenvalue weighted by Gasteiger charge is -2.16. The van der Waals surface area contributed by atoms with Gasteiger partial charge in [0, 0.05) is 19.2 Å². The molecule has 1 saturated carbocycles. The van der Waals surface area contributed by atoms with Gasteiger partial charge < -0.3 is 10.4 Å². The molecule has 0 radical (unpaired) electrons. The largest absolute Gasteiger partial charge is 0.396 e. The number of aliphatic hydroxyl groups excluding tert-OH is 1.